The van der Waals surface area contributed by atoms with E-state index >= 15 is 0 Å². The highest BCUT2D eigenvalue weighted by molar-refractivity contribution is 7.19. The summed E-state index contributed by atoms with van der Waals surface area (Å²) < 4.78 is 20.0. The first-order valence-electron chi connectivity index (χ1n) is 5.97. The molecule has 0 aliphatic rings. The lowest BCUT2D eigenvalue weighted by atomic mass is 10.1. The number of para-hydroxylation sites is 1. The molecule has 0 fully saturated rings. The zero-order valence-corrected chi connectivity index (χ0v) is 12.8. The Kier molecular flexibility index (Phi) is 4.10. The Morgan fingerprint density at radius 3 is 2.62 bits per heavy atom. The van der Waals surface area contributed by atoms with E-state index < -0.39 is 5.82 Å². The van der Waals surface area contributed by atoms with Gasteiger partial charge in [0.15, 0.2) is 5.82 Å². The van der Waals surface area contributed by atoms with E-state index in [-0.39, 0.29) is 10.9 Å². The Morgan fingerprint density at radius 2 is 1.90 bits per heavy atom. The van der Waals surface area contributed by atoms with Gasteiger partial charge in [-0.05, 0) is 30.3 Å². The molecule has 0 saturated heterocycles. The fraction of sp³-hybridized carbons (Fsp3) is 0. The van der Waals surface area contributed by atoms with Gasteiger partial charge in [-0.15, -0.1) is 11.3 Å². The number of hydrogen-bond donors (Lipinski definition) is 0. The lowest BCUT2D eigenvalue weighted by molar-refractivity contribution is 0.424. The van der Waals surface area contributed by atoms with Crippen molar-refractivity contribution in [1.29, 1.82) is 0 Å². The van der Waals surface area contributed by atoms with E-state index in [1.165, 1.54) is 17.5 Å². The van der Waals surface area contributed by atoms with Gasteiger partial charge in [-0.3, -0.25) is 0 Å². The van der Waals surface area contributed by atoms with Gasteiger partial charge in [0, 0.05) is 16.6 Å². The van der Waals surface area contributed by atoms with Crippen LogP contribution in [0.3, 0.4) is 0 Å². The lowest BCUT2D eigenvalue weighted by Gasteiger charge is -2.09. The summed E-state index contributed by atoms with van der Waals surface area (Å²) in [5.41, 5.74) is 0.825. The smallest absolute Gasteiger partial charge is 0.255 e. The summed E-state index contributed by atoms with van der Waals surface area (Å²) in [7, 11) is 0. The number of halogens is 3. The molecule has 3 rings (SSSR count). The molecule has 0 N–H and O–H groups in total. The summed E-state index contributed by atoms with van der Waals surface area (Å²) in [6, 6.07) is 12.2. The zero-order valence-electron chi connectivity index (χ0n) is 10.5. The lowest BCUT2D eigenvalue weighted by Crippen LogP contribution is -1.93. The summed E-state index contributed by atoms with van der Waals surface area (Å²) in [5, 5.41) is 0.221. The molecule has 6 heteroatoms. The number of rotatable bonds is 3. The number of benzene rings is 1. The largest absolute Gasteiger partial charge is 0.436 e. The normalized spacial score (nSPS) is 10.6. The molecule has 0 unspecified atom stereocenters. The maximum atomic E-state index is 13.8. The summed E-state index contributed by atoms with van der Waals surface area (Å²) in [6.45, 7) is 0. The molecule has 0 bridgehead atoms. The minimum Gasteiger partial charge on any atom is -0.436 e. The van der Waals surface area contributed by atoms with E-state index in [0.717, 1.165) is 16.5 Å². The van der Waals surface area contributed by atoms with Crippen molar-refractivity contribution in [1.82, 2.24) is 4.98 Å². The third-order valence-electron chi connectivity index (χ3n) is 2.71. The Labute approximate surface area is 134 Å². The molecule has 21 heavy (non-hydrogen) atoms. The quantitative estimate of drug-likeness (QED) is 0.579. The molecule has 0 aliphatic heterocycles. The first-order chi connectivity index (χ1) is 10.1. The highest BCUT2D eigenvalue weighted by atomic mass is 35.5. The van der Waals surface area contributed by atoms with Crippen molar-refractivity contribution < 1.29 is 9.13 Å². The number of pyridine rings is 1. The predicted molar refractivity (Wildman–Crippen MR) is 84.0 cm³/mol. The van der Waals surface area contributed by atoms with Crippen LogP contribution >= 0.6 is 34.5 Å². The second-order valence-corrected chi connectivity index (χ2v) is 6.29. The minimum atomic E-state index is -0.610. The summed E-state index contributed by atoms with van der Waals surface area (Å²) >= 11 is 13.1. The molecule has 106 valence electrons. The molecule has 2 aromatic heterocycles. The highest BCUT2D eigenvalue weighted by Crippen LogP contribution is 2.38. The van der Waals surface area contributed by atoms with Crippen molar-refractivity contribution in [3.05, 3.63) is 63.8 Å². The van der Waals surface area contributed by atoms with Crippen molar-refractivity contribution in [2.45, 2.75) is 0 Å². The van der Waals surface area contributed by atoms with E-state index in [1.54, 1.807) is 12.1 Å². The van der Waals surface area contributed by atoms with Crippen LogP contribution in [-0.4, -0.2) is 4.98 Å². The monoisotopic (exact) mass is 339 g/mol. The third-order valence-corrected chi connectivity index (χ3v) is 4.18. The first kappa shape index (κ1) is 14.3. The number of ether oxygens (including phenoxy) is 1. The van der Waals surface area contributed by atoms with Crippen molar-refractivity contribution in [2.75, 3.05) is 0 Å². The Morgan fingerprint density at radius 1 is 1.10 bits per heavy atom. The molecule has 2 heterocycles. The number of aromatic nitrogens is 1. The maximum Gasteiger partial charge on any atom is 0.255 e. The molecular weight excluding hydrogens is 332 g/mol. The SMILES string of the molecule is Fc1cc(Cl)cnc1Oc1ccccc1-c1ccc(Cl)s1. The van der Waals surface area contributed by atoms with Crippen LogP contribution in [0.1, 0.15) is 0 Å². The van der Waals surface area contributed by atoms with Gasteiger partial charge < -0.3 is 4.74 Å². The third kappa shape index (κ3) is 3.18. The van der Waals surface area contributed by atoms with E-state index in [2.05, 4.69) is 4.98 Å². The van der Waals surface area contributed by atoms with Gasteiger partial charge in [0.05, 0.1) is 9.36 Å². The van der Waals surface area contributed by atoms with Crippen molar-refractivity contribution in [3.63, 3.8) is 0 Å². The fourth-order valence-electron chi connectivity index (χ4n) is 1.80. The number of nitrogens with zero attached hydrogens (tertiary/aromatic N) is 1. The van der Waals surface area contributed by atoms with E-state index in [9.17, 15) is 4.39 Å². The average molecular weight is 340 g/mol. The van der Waals surface area contributed by atoms with Gasteiger partial charge in [-0.25, -0.2) is 9.37 Å². The van der Waals surface area contributed by atoms with Crippen LogP contribution in [0.2, 0.25) is 9.36 Å². The molecule has 0 amide bonds. The van der Waals surface area contributed by atoms with Gasteiger partial charge in [0.1, 0.15) is 5.75 Å². The van der Waals surface area contributed by atoms with Crippen molar-refractivity contribution in [2.24, 2.45) is 0 Å². The van der Waals surface area contributed by atoms with Crippen LogP contribution in [0, 0.1) is 5.82 Å². The molecule has 0 spiro atoms. The molecule has 0 saturated carbocycles. The van der Waals surface area contributed by atoms with Crippen molar-refractivity contribution in [3.8, 4) is 22.1 Å². The predicted octanol–water partition coefficient (Wildman–Crippen LogP) is 6.05. The summed E-state index contributed by atoms with van der Waals surface area (Å²) in [4.78, 5) is 4.80. The van der Waals surface area contributed by atoms with Crippen LogP contribution in [0.5, 0.6) is 11.6 Å². The number of hydrogen-bond acceptors (Lipinski definition) is 3. The van der Waals surface area contributed by atoms with Crippen LogP contribution in [0.25, 0.3) is 10.4 Å². The Balaban J connectivity index is 1.99. The van der Waals surface area contributed by atoms with Gasteiger partial charge >= 0.3 is 0 Å². The molecule has 0 radical (unpaired) electrons. The summed E-state index contributed by atoms with van der Waals surface area (Å²) in [5.74, 6) is -0.222. The molecule has 0 aliphatic carbocycles. The molecule has 0 atom stereocenters. The van der Waals surface area contributed by atoms with Crippen LogP contribution in [0.4, 0.5) is 4.39 Å². The van der Waals surface area contributed by atoms with Gasteiger partial charge in [0.25, 0.3) is 5.88 Å². The second kappa shape index (κ2) is 6.02. The zero-order chi connectivity index (χ0) is 14.8. The standard InChI is InChI=1S/C15H8Cl2FNOS/c16-9-7-11(18)15(19-8-9)20-12-4-2-1-3-10(12)13-5-6-14(17)21-13/h1-8H. The Bertz CT molecular complexity index is 791. The van der Waals surface area contributed by atoms with Crippen LogP contribution in [-0.2, 0) is 0 Å². The Hall–Kier alpha value is -1.62. The summed E-state index contributed by atoms with van der Waals surface area (Å²) in [6.07, 6.45) is 1.34. The molecule has 1 aromatic carbocycles. The fourth-order valence-corrected chi connectivity index (χ4v) is 3.02. The topological polar surface area (TPSA) is 22.1 Å². The molecule has 2 nitrogen and oxygen atoms in total. The second-order valence-electron chi connectivity index (χ2n) is 4.14. The average Bonchev–Trinajstić information content (AvgIpc) is 2.89. The maximum absolute atomic E-state index is 13.8. The number of thiophene rings is 1. The van der Waals surface area contributed by atoms with Crippen molar-refractivity contribution >= 4 is 34.5 Å². The minimum absolute atomic E-state index is 0.116. The van der Waals surface area contributed by atoms with Crippen LogP contribution < -0.4 is 4.74 Å². The van der Waals surface area contributed by atoms with E-state index in [1.807, 2.05) is 24.3 Å². The van der Waals surface area contributed by atoms with Crippen LogP contribution in [0.15, 0.2) is 48.7 Å². The molecular formula is C15H8Cl2FNOS. The van der Waals surface area contributed by atoms with E-state index in [0.29, 0.717) is 10.1 Å². The highest BCUT2D eigenvalue weighted by Gasteiger charge is 2.12. The van der Waals surface area contributed by atoms with Gasteiger partial charge in [-0.2, -0.15) is 0 Å². The van der Waals surface area contributed by atoms with Gasteiger partial charge in [0.2, 0.25) is 0 Å². The molecule has 3 aromatic rings. The van der Waals surface area contributed by atoms with E-state index in [4.69, 9.17) is 27.9 Å². The first-order valence-corrected chi connectivity index (χ1v) is 7.54. The van der Waals surface area contributed by atoms with Gasteiger partial charge in [-0.1, -0.05) is 35.3 Å².